The molecule has 4 aliphatic rings. The highest BCUT2D eigenvalue weighted by molar-refractivity contribution is 6.84. The topological polar surface area (TPSA) is 210 Å². The molecule has 0 spiro atoms. The van der Waals surface area contributed by atoms with E-state index in [2.05, 4.69) is 5.32 Å². The Morgan fingerprint density at radius 1 is 0.775 bits per heavy atom. The molecule has 1 heterocycles. The fraction of sp³-hybridized carbons (Fsp3) is 0.418. The maximum absolute atomic E-state index is 16.4. The number of rotatable bonds is 13. The second kappa shape index (κ2) is 19.4. The van der Waals surface area contributed by atoms with E-state index in [1.54, 1.807) is 107 Å². The van der Waals surface area contributed by atoms with Crippen LogP contribution in [-0.4, -0.2) is 109 Å². The first-order valence-corrected chi connectivity index (χ1v) is 26.7. The summed E-state index contributed by atoms with van der Waals surface area (Å²) in [5.41, 5.74) is -6.67. The number of esters is 4. The molecule has 374 valence electrons. The number of carbonyl (C=O) groups is 6. The SMILES string of the molecule is CC(=O)O[C@H]1C(=O)[C@]2(C)C(O[Si](C)(C)c3ccccc3)C[C@H]3OC[C@@]3(OC(C)=O)C2[C@H](OC(=O)c2ccccc2)[C@]2(O)C[C@H](OC(=O)[C@H](O)[C@@H](NC(=O)c3ccccc3)c3ccccc3)C(C)=C1C2(C)C. The number of carbonyl (C=O) groups excluding carboxylic acids is 6. The first-order valence-electron chi connectivity index (χ1n) is 23.8. The minimum atomic E-state index is -3.00. The van der Waals surface area contributed by atoms with Crippen LogP contribution in [0, 0.1) is 16.7 Å². The summed E-state index contributed by atoms with van der Waals surface area (Å²) in [6.45, 7) is 12.5. The summed E-state index contributed by atoms with van der Waals surface area (Å²) in [7, 11) is -3.00. The van der Waals surface area contributed by atoms with E-state index < -0.39 is 121 Å². The van der Waals surface area contributed by atoms with Gasteiger partial charge in [0.2, 0.25) is 8.32 Å². The average molecular weight is 988 g/mol. The number of nitrogens with one attached hydrogen (secondary N) is 1. The molecule has 2 bridgehead atoms. The van der Waals surface area contributed by atoms with Crippen molar-refractivity contribution in [2.24, 2.45) is 16.7 Å². The minimum absolute atomic E-state index is 0.0167. The summed E-state index contributed by atoms with van der Waals surface area (Å²) < 4.78 is 38.9. The van der Waals surface area contributed by atoms with Gasteiger partial charge in [-0.2, -0.15) is 0 Å². The van der Waals surface area contributed by atoms with Crippen molar-refractivity contribution in [3.05, 3.63) is 149 Å². The van der Waals surface area contributed by atoms with Crippen LogP contribution < -0.4 is 10.5 Å². The molecule has 11 atom stereocenters. The summed E-state index contributed by atoms with van der Waals surface area (Å²) >= 11 is 0. The maximum atomic E-state index is 16.4. The lowest BCUT2D eigenvalue weighted by Gasteiger charge is -2.68. The first-order chi connectivity index (χ1) is 33.6. The van der Waals surface area contributed by atoms with Gasteiger partial charge in [0.1, 0.15) is 23.9 Å². The molecule has 0 aromatic heterocycles. The summed E-state index contributed by atoms with van der Waals surface area (Å²) in [6.07, 6.45) is -9.61. The molecule has 8 rings (SSSR count). The smallest absolute Gasteiger partial charge is 0.338 e. The Kier molecular flexibility index (Phi) is 13.9. The zero-order chi connectivity index (χ0) is 51.3. The highest BCUT2D eigenvalue weighted by atomic mass is 28.4. The first kappa shape index (κ1) is 51.1. The minimum Gasteiger partial charge on any atom is -0.456 e. The van der Waals surface area contributed by atoms with Crippen LogP contribution in [0.3, 0.4) is 0 Å². The van der Waals surface area contributed by atoms with Gasteiger partial charge in [0, 0.05) is 37.7 Å². The lowest BCUT2D eigenvalue weighted by atomic mass is 9.44. The van der Waals surface area contributed by atoms with E-state index in [1.807, 2.05) is 43.4 Å². The Morgan fingerprint density at radius 2 is 1.34 bits per heavy atom. The van der Waals surface area contributed by atoms with Crippen LogP contribution in [0.2, 0.25) is 13.1 Å². The molecule has 1 amide bonds. The molecule has 16 heteroatoms. The number of amides is 1. The van der Waals surface area contributed by atoms with Crippen molar-refractivity contribution in [2.75, 3.05) is 6.61 Å². The molecule has 3 aliphatic carbocycles. The number of hydrogen-bond acceptors (Lipinski definition) is 14. The van der Waals surface area contributed by atoms with E-state index in [1.165, 1.54) is 19.1 Å². The number of hydrogen-bond donors (Lipinski definition) is 3. The van der Waals surface area contributed by atoms with Crippen molar-refractivity contribution in [1.29, 1.82) is 0 Å². The van der Waals surface area contributed by atoms with E-state index in [9.17, 15) is 34.2 Å². The Balaban J connectivity index is 1.32. The van der Waals surface area contributed by atoms with Crippen LogP contribution in [0.5, 0.6) is 0 Å². The third-order valence-electron chi connectivity index (χ3n) is 15.4. The maximum Gasteiger partial charge on any atom is 0.338 e. The molecule has 4 aromatic carbocycles. The third kappa shape index (κ3) is 9.05. The highest BCUT2D eigenvalue weighted by Gasteiger charge is 2.79. The summed E-state index contributed by atoms with van der Waals surface area (Å²) in [5, 5.41) is 29.8. The van der Waals surface area contributed by atoms with Crippen molar-refractivity contribution < 1.29 is 67.1 Å². The Bertz CT molecular complexity index is 2720. The Morgan fingerprint density at radius 3 is 1.89 bits per heavy atom. The lowest BCUT2D eigenvalue weighted by molar-refractivity contribution is -0.344. The molecule has 2 saturated carbocycles. The predicted molar refractivity (Wildman–Crippen MR) is 260 cm³/mol. The normalized spacial score (nSPS) is 29.5. The van der Waals surface area contributed by atoms with E-state index in [-0.39, 0.29) is 35.3 Å². The number of Topliss-reactive ketones (excluding diaryl/α,β-unsaturated/α-hetero) is 1. The van der Waals surface area contributed by atoms with Crippen LogP contribution in [0.25, 0.3) is 0 Å². The van der Waals surface area contributed by atoms with Crippen molar-refractivity contribution >= 4 is 49.1 Å². The Hall–Kier alpha value is -6.30. The molecule has 71 heavy (non-hydrogen) atoms. The van der Waals surface area contributed by atoms with Crippen LogP contribution in [0.15, 0.2) is 132 Å². The number of ether oxygens (including phenoxy) is 5. The van der Waals surface area contributed by atoms with Crippen molar-refractivity contribution in [3.8, 4) is 0 Å². The molecule has 1 aliphatic heterocycles. The molecule has 1 saturated heterocycles. The number of aliphatic hydroxyl groups excluding tert-OH is 1. The molecular formula is C55H61NO14Si. The van der Waals surface area contributed by atoms with Crippen molar-refractivity contribution in [3.63, 3.8) is 0 Å². The van der Waals surface area contributed by atoms with Gasteiger partial charge in [0.15, 0.2) is 23.6 Å². The van der Waals surface area contributed by atoms with Crippen LogP contribution in [0.1, 0.15) is 86.7 Å². The van der Waals surface area contributed by atoms with Crippen LogP contribution in [0.4, 0.5) is 0 Å². The van der Waals surface area contributed by atoms with Gasteiger partial charge in [0.25, 0.3) is 5.91 Å². The lowest BCUT2D eigenvalue weighted by Crippen LogP contribution is -2.82. The van der Waals surface area contributed by atoms with Gasteiger partial charge in [0.05, 0.1) is 35.6 Å². The quantitative estimate of drug-likeness (QED) is 0.0620. The number of fused-ring (bicyclic) bond motifs is 5. The second-order valence-electron chi connectivity index (χ2n) is 20.3. The summed E-state index contributed by atoms with van der Waals surface area (Å²) in [4.78, 5) is 86.2. The third-order valence-corrected chi connectivity index (χ3v) is 18.0. The Labute approximate surface area is 413 Å². The molecule has 4 aromatic rings. The average Bonchev–Trinajstić information content (AvgIpc) is 3.34. The standard InChI is InChI=1S/C55H61NO14Si/c1-32-39(67-51(63)44(59)43(35-21-13-9-14-22-35)56-49(61)36-23-15-10-16-24-36)30-55(64)48(68-50(62)37-25-17-11-18-26-37)46-53(6,47(60)45(66-33(2)57)42(32)52(55,4)5)40(29-41-54(46,31-65-41)69-34(3)58)70-71(7,8)38-27-19-12-20-28-38/h9-28,39-41,43-46,48,59,64H,29-31H2,1-8H3,(H,56,61)/t39-,40?,41+,43-,44+,45+,46?,48-,53+,54-,55+/m0/s1. The van der Waals surface area contributed by atoms with Gasteiger partial charge in [-0.3, -0.25) is 19.2 Å². The molecular weight excluding hydrogens is 927 g/mol. The van der Waals surface area contributed by atoms with Gasteiger partial charge in [-0.15, -0.1) is 0 Å². The van der Waals surface area contributed by atoms with Crippen molar-refractivity contribution in [1.82, 2.24) is 5.32 Å². The largest absolute Gasteiger partial charge is 0.456 e. The fourth-order valence-corrected chi connectivity index (χ4v) is 13.8. The number of ketones is 1. The predicted octanol–water partition coefficient (Wildman–Crippen LogP) is 5.87. The monoisotopic (exact) mass is 987 g/mol. The van der Waals surface area contributed by atoms with Gasteiger partial charge in [-0.25, -0.2) is 9.59 Å². The van der Waals surface area contributed by atoms with Crippen LogP contribution in [-0.2, 0) is 47.3 Å². The number of benzene rings is 4. The molecule has 15 nitrogen and oxygen atoms in total. The van der Waals surface area contributed by atoms with Crippen LogP contribution >= 0.6 is 0 Å². The zero-order valence-electron chi connectivity index (χ0n) is 41.1. The summed E-state index contributed by atoms with van der Waals surface area (Å²) in [5.74, 6) is -6.45. The van der Waals surface area contributed by atoms with E-state index >= 15 is 4.79 Å². The highest BCUT2D eigenvalue weighted by Crippen LogP contribution is 2.65. The summed E-state index contributed by atoms with van der Waals surface area (Å²) in [6, 6.07) is 32.8. The van der Waals surface area contributed by atoms with E-state index in [4.69, 9.17) is 28.1 Å². The molecule has 3 fully saturated rings. The zero-order valence-corrected chi connectivity index (χ0v) is 42.1. The van der Waals surface area contributed by atoms with E-state index in [0.29, 0.717) is 5.56 Å². The molecule has 0 radical (unpaired) electrons. The number of aliphatic hydroxyl groups is 2. The van der Waals surface area contributed by atoms with Gasteiger partial charge in [-0.05, 0) is 73.1 Å². The van der Waals surface area contributed by atoms with Gasteiger partial charge < -0.3 is 43.6 Å². The second-order valence-corrected chi connectivity index (χ2v) is 24.2. The van der Waals surface area contributed by atoms with Gasteiger partial charge in [-0.1, -0.05) is 111 Å². The molecule has 2 unspecified atom stereocenters. The molecule has 3 N–H and O–H groups in total. The fourth-order valence-electron chi connectivity index (χ4n) is 11.6. The van der Waals surface area contributed by atoms with E-state index in [0.717, 1.165) is 12.1 Å². The van der Waals surface area contributed by atoms with Gasteiger partial charge >= 0.3 is 23.9 Å². The van der Waals surface area contributed by atoms with Crippen molar-refractivity contribution in [2.45, 2.75) is 121 Å².